The molecule has 1 unspecified atom stereocenters. The number of aliphatic hydroxyl groups excluding tert-OH is 1. The highest BCUT2D eigenvalue weighted by molar-refractivity contribution is 5.66. The van der Waals surface area contributed by atoms with Gasteiger partial charge in [-0.2, -0.15) is 0 Å². The third-order valence-corrected chi connectivity index (χ3v) is 5.57. The van der Waals surface area contributed by atoms with E-state index in [1.807, 2.05) is 6.08 Å². The van der Waals surface area contributed by atoms with E-state index < -0.39 is 17.7 Å². The molecule has 2 fully saturated rings. The number of unbranched alkanes of at least 4 members (excludes halogenated alkanes) is 1. The van der Waals surface area contributed by atoms with E-state index in [0.717, 1.165) is 19.3 Å². The van der Waals surface area contributed by atoms with Crippen LogP contribution in [0.1, 0.15) is 65.2 Å². The molecule has 0 aromatic heterocycles. The van der Waals surface area contributed by atoms with Crippen molar-refractivity contribution in [3.05, 3.63) is 12.2 Å². The van der Waals surface area contributed by atoms with E-state index >= 15 is 0 Å². The Morgan fingerprint density at radius 1 is 1.35 bits per heavy atom. The summed E-state index contributed by atoms with van der Waals surface area (Å²) in [5.74, 6) is 5.33. The lowest BCUT2D eigenvalue weighted by Gasteiger charge is -2.21. The second-order valence-electron chi connectivity index (χ2n) is 7.86. The van der Waals surface area contributed by atoms with Crippen LogP contribution < -0.4 is 0 Å². The number of hydrogen-bond acceptors (Lipinski definition) is 4. The summed E-state index contributed by atoms with van der Waals surface area (Å²) in [6, 6.07) is 0. The number of carboxylic acid groups (broad SMARTS) is 1. The average molecular weight is 364 g/mol. The highest BCUT2D eigenvalue weighted by Crippen LogP contribution is 2.45. The van der Waals surface area contributed by atoms with Crippen LogP contribution in [0.25, 0.3) is 0 Å². The van der Waals surface area contributed by atoms with E-state index in [9.17, 15) is 15.0 Å². The van der Waals surface area contributed by atoms with Gasteiger partial charge >= 0.3 is 5.97 Å². The van der Waals surface area contributed by atoms with Crippen molar-refractivity contribution in [1.82, 2.24) is 0 Å². The molecule has 1 aliphatic heterocycles. The number of rotatable bonds is 9. The molecule has 0 radical (unpaired) electrons. The zero-order valence-electron chi connectivity index (χ0n) is 15.9. The fraction of sp³-hybridized carbons (Fsp3) is 0.762. The Bertz CT molecular complexity index is 556. The summed E-state index contributed by atoms with van der Waals surface area (Å²) in [5, 5.41) is 29.5. The van der Waals surface area contributed by atoms with Gasteiger partial charge in [-0.15, -0.1) is 11.8 Å². The Labute approximate surface area is 156 Å². The van der Waals surface area contributed by atoms with Gasteiger partial charge in [0.2, 0.25) is 0 Å². The SMILES string of the molecule is CC#CCCC(C)(O)/C=C/[C@@H]1[C@H]2C[C@H](CCCCC(=O)O)O[C@H]2C[C@H]1O. The van der Waals surface area contributed by atoms with Crippen LogP contribution in [0.2, 0.25) is 0 Å². The molecule has 0 aromatic carbocycles. The van der Waals surface area contributed by atoms with Crippen LogP contribution in [0.3, 0.4) is 0 Å². The van der Waals surface area contributed by atoms with Crippen molar-refractivity contribution in [2.45, 2.75) is 89.1 Å². The van der Waals surface area contributed by atoms with Crippen molar-refractivity contribution in [1.29, 1.82) is 0 Å². The molecule has 0 amide bonds. The molecule has 146 valence electrons. The number of ether oxygens (including phenoxy) is 1. The molecular formula is C21H32O5. The third-order valence-electron chi connectivity index (χ3n) is 5.57. The van der Waals surface area contributed by atoms with Gasteiger partial charge in [0, 0.05) is 25.2 Å². The fourth-order valence-electron chi connectivity index (χ4n) is 4.12. The van der Waals surface area contributed by atoms with Crippen LogP contribution >= 0.6 is 0 Å². The lowest BCUT2D eigenvalue weighted by Crippen LogP contribution is -2.23. The van der Waals surface area contributed by atoms with Crippen LogP contribution in [0.4, 0.5) is 0 Å². The second kappa shape index (κ2) is 9.55. The highest BCUT2D eigenvalue weighted by Gasteiger charge is 2.47. The van der Waals surface area contributed by atoms with E-state index in [0.29, 0.717) is 25.7 Å². The average Bonchev–Trinajstić information content (AvgIpc) is 3.06. The Morgan fingerprint density at radius 2 is 2.12 bits per heavy atom. The molecule has 5 nitrogen and oxygen atoms in total. The maximum atomic E-state index is 10.6. The Balaban J connectivity index is 1.85. The summed E-state index contributed by atoms with van der Waals surface area (Å²) < 4.78 is 6.08. The van der Waals surface area contributed by atoms with Gasteiger partial charge < -0.3 is 20.1 Å². The number of aliphatic carboxylic acids is 1. The van der Waals surface area contributed by atoms with Crippen molar-refractivity contribution < 1.29 is 24.9 Å². The molecule has 5 heteroatoms. The molecule has 1 saturated heterocycles. The van der Waals surface area contributed by atoms with E-state index in [4.69, 9.17) is 9.84 Å². The summed E-state index contributed by atoms with van der Waals surface area (Å²) in [6.07, 6.45) is 8.93. The third kappa shape index (κ3) is 6.12. The predicted octanol–water partition coefficient (Wildman–Crippen LogP) is 2.90. The van der Waals surface area contributed by atoms with Gasteiger partial charge in [0.15, 0.2) is 0 Å². The maximum Gasteiger partial charge on any atom is 0.303 e. The fourth-order valence-corrected chi connectivity index (χ4v) is 4.12. The summed E-state index contributed by atoms with van der Waals surface area (Å²) >= 11 is 0. The predicted molar refractivity (Wildman–Crippen MR) is 99.4 cm³/mol. The first-order chi connectivity index (χ1) is 12.3. The van der Waals surface area contributed by atoms with Crippen molar-refractivity contribution in [3.63, 3.8) is 0 Å². The molecule has 0 spiro atoms. The standard InChI is InChI=1S/C21H32O5/c1-3-4-7-11-21(2,25)12-10-16-17-13-15(8-5-6-9-20(23)24)26-19(17)14-18(16)22/h10,12,15-19,22,25H,5-9,11,13-14H2,1-2H3,(H,23,24)/b12-10+/t15-,16+,17+,18+,19-,21?/m0/s1. The Kier molecular flexibility index (Phi) is 7.69. The van der Waals surface area contributed by atoms with Crippen molar-refractivity contribution in [2.75, 3.05) is 0 Å². The summed E-state index contributed by atoms with van der Waals surface area (Å²) in [7, 11) is 0. The lowest BCUT2D eigenvalue weighted by molar-refractivity contribution is -0.137. The van der Waals surface area contributed by atoms with Crippen LogP contribution in [0.5, 0.6) is 0 Å². The van der Waals surface area contributed by atoms with Gasteiger partial charge in [-0.3, -0.25) is 4.79 Å². The van der Waals surface area contributed by atoms with Gasteiger partial charge in [-0.05, 0) is 45.4 Å². The summed E-state index contributed by atoms with van der Waals surface area (Å²) in [6.45, 7) is 3.56. The molecule has 1 saturated carbocycles. The first-order valence-electron chi connectivity index (χ1n) is 9.69. The molecule has 0 bridgehead atoms. The van der Waals surface area contributed by atoms with E-state index in [-0.39, 0.29) is 30.5 Å². The minimum Gasteiger partial charge on any atom is -0.481 e. The zero-order valence-corrected chi connectivity index (χ0v) is 15.9. The first-order valence-corrected chi connectivity index (χ1v) is 9.69. The van der Waals surface area contributed by atoms with E-state index in [1.54, 1.807) is 19.9 Å². The minimum absolute atomic E-state index is 0.00718. The molecule has 2 aliphatic rings. The van der Waals surface area contributed by atoms with Crippen LogP contribution in [-0.2, 0) is 9.53 Å². The molecule has 1 aliphatic carbocycles. The normalized spacial score (nSPS) is 32.8. The molecule has 0 aromatic rings. The van der Waals surface area contributed by atoms with Gasteiger partial charge in [-0.1, -0.05) is 18.6 Å². The summed E-state index contributed by atoms with van der Waals surface area (Å²) in [4.78, 5) is 10.6. The van der Waals surface area contributed by atoms with Crippen LogP contribution in [-0.4, -0.2) is 45.2 Å². The monoisotopic (exact) mass is 364 g/mol. The number of carboxylic acids is 1. The number of hydrogen-bond donors (Lipinski definition) is 3. The number of fused-ring (bicyclic) bond motifs is 1. The van der Waals surface area contributed by atoms with Crippen molar-refractivity contribution in [3.8, 4) is 11.8 Å². The van der Waals surface area contributed by atoms with Gasteiger partial charge in [-0.25, -0.2) is 0 Å². The smallest absolute Gasteiger partial charge is 0.303 e. The van der Waals surface area contributed by atoms with E-state index in [1.165, 1.54) is 0 Å². The molecule has 2 rings (SSSR count). The Hall–Kier alpha value is -1.35. The quantitative estimate of drug-likeness (QED) is 0.333. The maximum absolute atomic E-state index is 10.6. The Morgan fingerprint density at radius 3 is 2.81 bits per heavy atom. The molecule has 26 heavy (non-hydrogen) atoms. The molecule has 1 heterocycles. The molecule has 6 atom stereocenters. The van der Waals surface area contributed by atoms with E-state index in [2.05, 4.69) is 11.8 Å². The van der Waals surface area contributed by atoms with Gasteiger partial charge in [0.1, 0.15) is 0 Å². The lowest BCUT2D eigenvalue weighted by atomic mass is 9.87. The van der Waals surface area contributed by atoms with Crippen molar-refractivity contribution >= 4 is 5.97 Å². The second-order valence-corrected chi connectivity index (χ2v) is 7.86. The van der Waals surface area contributed by atoms with Gasteiger partial charge in [0.05, 0.1) is 23.9 Å². The van der Waals surface area contributed by atoms with Crippen LogP contribution in [0.15, 0.2) is 12.2 Å². The topological polar surface area (TPSA) is 87.0 Å². The highest BCUT2D eigenvalue weighted by atomic mass is 16.5. The van der Waals surface area contributed by atoms with Crippen LogP contribution in [0, 0.1) is 23.7 Å². The summed E-state index contributed by atoms with van der Waals surface area (Å²) in [5.41, 5.74) is -0.919. The van der Waals surface area contributed by atoms with Gasteiger partial charge in [0.25, 0.3) is 0 Å². The number of carbonyl (C=O) groups is 1. The molecular weight excluding hydrogens is 332 g/mol. The van der Waals surface area contributed by atoms with Crippen molar-refractivity contribution in [2.24, 2.45) is 11.8 Å². The first kappa shape index (κ1) is 21.0. The largest absolute Gasteiger partial charge is 0.481 e. The molecule has 3 N–H and O–H groups in total. The number of aliphatic hydroxyl groups is 2. The minimum atomic E-state index is -0.919. The zero-order chi connectivity index (χ0) is 19.2.